The number of halogens is 1. The molecule has 1 aromatic heterocycles. The first-order valence-corrected chi connectivity index (χ1v) is 10.2. The van der Waals surface area contributed by atoms with Crippen molar-refractivity contribution in [1.29, 1.82) is 0 Å². The molecule has 0 aliphatic carbocycles. The molecule has 0 radical (unpaired) electrons. The topological polar surface area (TPSA) is 73.2 Å². The number of nitrogens with one attached hydrogen (secondary N) is 1. The van der Waals surface area contributed by atoms with Crippen LogP contribution in [0.4, 0.5) is 0 Å². The Hall–Kier alpha value is -3.64. The summed E-state index contributed by atoms with van der Waals surface area (Å²) in [4.78, 5) is 24.9. The number of carbonyl (C=O) groups is 1. The molecule has 1 amide bonds. The number of para-hydroxylation sites is 1. The van der Waals surface area contributed by atoms with E-state index in [-0.39, 0.29) is 18.8 Å². The van der Waals surface area contributed by atoms with Crippen molar-refractivity contribution in [2.75, 3.05) is 13.2 Å². The van der Waals surface area contributed by atoms with Crippen molar-refractivity contribution in [2.45, 2.75) is 6.92 Å². The van der Waals surface area contributed by atoms with Gasteiger partial charge in [-0.15, -0.1) is 0 Å². The Balaban J connectivity index is 1.43. The van der Waals surface area contributed by atoms with Crippen molar-refractivity contribution < 1.29 is 9.53 Å². The molecule has 0 fully saturated rings. The van der Waals surface area contributed by atoms with Gasteiger partial charge in [0.2, 0.25) is 5.43 Å². The predicted octanol–water partition coefficient (Wildman–Crippen LogP) is 4.16. The standard InChI is InChI=1S/C24H20ClN3O3/c1-16-14-22(29)23(27-28(16)21-9-5-4-8-20(21)25)24(30)26-12-13-31-19-11-10-17-6-2-3-7-18(17)15-19/h2-11,14-15H,12-13H2,1H3,(H,26,30). The largest absolute Gasteiger partial charge is 0.492 e. The Kier molecular flexibility index (Phi) is 6.00. The van der Waals surface area contributed by atoms with Crippen molar-refractivity contribution in [3.05, 3.63) is 99.4 Å². The Labute approximate surface area is 184 Å². The number of hydrogen-bond donors (Lipinski definition) is 1. The third-order valence-electron chi connectivity index (χ3n) is 4.78. The number of rotatable bonds is 6. The van der Waals surface area contributed by atoms with Gasteiger partial charge in [0.1, 0.15) is 12.4 Å². The van der Waals surface area contributed by atoms with Crippen LogP contribution in [0.3, 0.4) is 0 Å². The molecular formula is C24H20ClN3O3. The highest BCUT2D eigenvalue weighted by atomic mass is 35.5. The highest BCUT2D eigenvalue weighted by molar-refractivity contribution is 6.32. The lowest BCUT2D eigenvalue weighted by Crippen LogP contribution is -2.34. The molecular weight excluding hydrogens is 414 g/mol. The van der Waals surface area contributed by atoms with Gasteiger partial charge in [0.05, 0.1) is 17.3 Å². The zero-order chi connectivity index (χ0) is 21.8. The van der Waals surface area contributed by atoms with Gasteiger partial charge < -0.3 is 10.1 Å². The van der Waals surface area contributed by atoms with E-state index in [2.05, 4.69) is 10.4 Å². The number of amides is 1. The monoisotopic (exact) mass is 433 g/mol. The minimum atomic E-state index is -0.562. The predicted molar refractivity (Wildman–Crippen MR) is 121 cm³/mol. The van der Waals surface area contributed by atoms with E-state index in [4.69, 9.17) is 16.3 Å². The van der Waals surface area contributed by atoms with E-state index >= 15 is 0 Å². The summed E-state index contributed by atoms with van der Waals surface area (Å²) in [5.74, 6) is 0.149. The molecule has 3 aromatic carbocycles. The summed E-state index contributed by atoms with van der Waals surface area (Å²) >= 11 is 6.24. The van der Waals surface area contributed by atoms with Gasteiger partial charge in [-0.25, -0.2) is 4.68 Å². The molecule has 0 bridgehead atoms. The maximum Gasteiger partial charge on any atom is 0.275 e. The van der Waals surface area contributed by atoms with Crippen LogP contribution < -0.4 is 15.5 Å². The summed E-state index contributed by atoms with van der Waals surface area (Å²) in [6.45, 7) is 2.22. The molecule has 6 nitrogen and oxygen atoms in total. The summed E-state index contributed by atoms with van der Waals surface area (Å²) in [6.07, 6.45) is 0. The van der Waals surface area contributed by atoms with Crippen LogP contribution in [0.5, 0.6) is 5.75 Å². The molecule has 0 aliphatic rings. The second-order valence-corrected chi connectivity index (χ2v) is 7.38. The van der Waals surface area contributed by atoms with E-state index < -0.39 is 11.3 Å². The first-order valence-electron chi connectivity index (χ1n) is 9.78. The molecule has 4 rings (SSSR count). The van der Waals surface area contributed by atoms with E-state index in [1.165, 1.54) is 10.7 Å². The summed E-state index contributed by atoms with van der Waals surface area (Å²) < 4.78 is 7.21. The molecule has 0 unspecified atom stereocenters. The first kappa shape index (κ1) is 20.6. The van der Waals surface area contributed by atoms with Crippen LogP contribution in [-0.2, 0) is 0 Å². The molecule has 0 atom stereocenters. The molecule has 1 N–H and O–H groups in total. The van der Waals surface area contributed by atoms with E-state index in [1.54, 1.807) is 25.1 Å². The Morgan fingerprint density at radius 3 is 2.58 bits per heavy atom. The summed E-state index contributed by atoms with van der Waals surface area (Å²) in [5.41, 5.74) is 0.523. The molecule has 156 valence electrons. The molecule has 1 heterocycles. The molecule has 7 heteroatoms. The SMILES string of the molecule is Cc1cc(=O)c(C(=O)NCCOc2ccc3ccccc3c2)nn1-c1ccccc1Cl. The fourth-order valence-corrected chi connectivity index (χ4v) is 3.46. The van der Waals surface area contributed by atoms with Crippen LogP contribution >= 0.6 is 11.6 Å². The number of benzene rings is 3. The lowest BCUT2D eigenvalue weighted by atomic mass is 10.1. The maximum absolute atomic E-state index is 12.6. The van der Waals surface area contributed by atoms with Crippen molar-refractivity contribution >= 4 is 28.3 Å². The average Bonchev–Trinajstić information content (AvgIpc) is 2.77. The summed E-state index contributed by atoms with van der Waals surface area (Å²) in [5, 5.41) is 9.60. The van der Waals surface area contributed by atoms with E-state index in [1.807, 2.05) is 48.5 Å². The molecule has 4 aromatic rings. The molecule has 31 heavy (non-hydrogen) atoms. The number of nitrogens with zero attached hydrogens (tertiary/aromatic N) is 2. The zero-order valence-corrected chi connectivity index (χ0v) is 17.6. The highest BCUT2D eigenvalue weighted by Gasteiger charge is 2.16. The van der Waals surface area contributed by atoms with E-state index in [0.717, 1.165) is 10.8 Å². The smallest absolute Gasteiger partial charge is 0.275 e. The normalized spacial score (nSPS) is 10.8. The fraction of sp³-hybridized carbons (Fsp3) is 0.125. The minimum absolute atomic E-state index is 0.198. The number of carbonyl (C=O) groups excluding carboxylic acids is 1. The van der Waals surface area contributed by atoms with Gasteiger partial charge in [-0.3, -0.25) is 9.59 Å². The second kappa shape index (κ2) is 9.02. The number of aryl methyl sites for hydroxylation is 1. The minimum Gasteiger partial charge on any atom is -0.492 e. The molecule has 0 spiro atoms. The van der Waals surface area contributed by atoms with Crippen LogP contribution in [0, 0.1) is 6.92 Å². The van der Waals surface area contributed by atoms with Gasteiger partial charge in [-0.1, -0.05) is 54.1 Å². The Bertz CT molecular complexity index is 1320. The summed E-state index contributed by atoms with van der Waals surface area (Å²) in [6, 6.07) is 22.3. The van der Waals surface area contributed by atoms with Gasteiger partial charge in [-0.2, -0.15) is 5.10 Å². The van der Waals surface area contributed by atoms with Crippen LogP contribution in [0.1, 0.15) is 16.2 Å². The average molecular weight is 434 g/mol. The van der Waals surface area contributed by atoms with Crippen LogP contribution in [0.2, 0.25) is 5.02 Å². The third-order valence-corrected chi connectivity index (χ3v) is 5.10. The van der Waals surface area contributed by atoms with Crippen molar-refractivity contribution in [3.8, 4) is 11.4 Å². The molecule has 0 aliphatic heterocycles. The first-order chi connectivity index (χ1) is 15.0. The lowest BCUT2D eigenvalue weighted by Gasteiger charge is -2.13. The number of fused-ring (bicyclic) bond motifs is 1. The van der Waals surface area contributed by atoms with Crippen molar-refractivity contribution in [1.82, 2.24) is 15.1 Å². The maximum atomic E-state index is 12.6. The third kappa shape index (κ3) is 4.59. The fourth-order valence-electron chi connectivity index (χ4n) is 3.25. The van der Waals surface area contributed by atoms with Crippen LogP contribution in [0.15, 0.2) is 77.6 Å². The highest BCUT2D eigenvalue weighted by Crippen LogP contribution is 2.21. The Morgan fingerprint density at radius 1 is 1.03 bits per heavy atom. The van der Waals surface area contributed by atoms with Crippen molar-refractivity contribution in [3.63, 3.8) is 0 Å². The van der Waals surface area contributed by atoms with E-state index in [9.17, 15) is 9.59 Å². The van der Waals surface area contributed by atoms with Gasteiger partial charge in [-0.05, 0) is 42.0 Å². The van der Waals surface area contributed by atoms with Gasteiger partial charge >= 0.3 is 0 Å². The van der Waals surface area contributed by atoms with Crippen molar-refractivity contribution in [2.24, 2.45) is 0 Å². The molecule has 0 saturated carbocycles. The van der Waals surface area contributed by atoms with E-state index in [0.29, 0.717) is 22.2 Å². The lowest BCUT2D eigenvalue weighted by molar-refractivity contribution is 0.0939. The van der Waals surface area contributed by atoms with Gasteiger partial charge in [0, 0.05) is 11.8 Å². The number of ether oxygens (including phenoxy) is 1. The second-order valence-electron chi connectivity index (χ2n) is 6.98. The summed E-state index contributed by atoms with van der Waals surface area (Å²) in [7, 11) is 0. The number of hydrogen-bond acceptors (Lipinski definition) is 4. The zero-order valence-electron chi connectivity index (χ0n) is 16.8. The number of aromatic nitrogens is 2. The van der Waals surface area contributed by atoms with Crippen LogP contribution in [0.25, 0.3) is 16.5 Å². The molecule has 0 saturated heterocycles. The van der Waals surface area contributed by atoms with Gasteiger partial charge in [0.15, 0.2) is 5.69 Å². The van der Waals surface area contributed by atoms with Crippen LogP contribution in [-0.4, -0.2) is 28.8 Å². The van der Waals surface area contributed by atoms with Gasteiger partial charge in [0.25, 0.3) is 5.91 Å². The quantitative estimate of drug-likeness (QED) is 0.463. The Morgan fingerprint density at radius 2 is 1.77 bits per heavy atom.